The van der Waals surface area contributed by atoms with Crippen molar-refractivity contribution in [2.75, 3.05) is 0 Å². The van der Waals surface area contributed by atoms with E-state index in [9.17, 15) is 0 Å². The molecule has 0 bridgehead atoms. The van der Waals surface area contributed by atoms with E-state index in [1.165, 1.54) is 0 Å². The molecular weight excluding hydrogens is 252 g/mol. The predicted octanol–water partition coefficient (Wildman–Crippen LogP) is 6.53. The van der Waals surface area contributed by atoms with Crippen LogP contribution in [0.25, 0.3) is 11.1 Å². The van der Waals surface area contributed by atoms with E-state index in [1.807, 2.05) is 59.7 Å². The summed E-state index contributed by atoms with van der Waals surface area (Å²) in [4.78, 5) is 0. The van der Waals surface area contributed by atoms with Gasteiger partial charge in [-0.15, -0.1) is 0 Å². The zero-order valence-electron chi connectivity index (χ0n) is 18.9. The second-order valence-electron chi connectivity index (χ2n) is 6.24. The summed E-state index contributed by atoms with van der Waals surface area (Å²) >= 11 is 0. The fourth-order valence-corrected chi connectivity index (χ4v) is 2.79. The first-order chi connectivity index (χ1) is 11.6. The van der Waals surface area contributed by atoms with Gasteiger partial charge in [-0.1, -0.05) is 63.6 Å². The van der Waals surface area contributed by atoms with Crippen LogP contribution in [0.5, 0.6) is 0 Å². The molecule has 0 heteroatoms. The number of benzene rings is 2. The van der Waals surface area contributed by atoms with Crippen molar-refractivity contribution in [3.63, 3.8) is 0 Å². The van der Waals surface area contributed by atoms with E-state index in [1.54, 1.807) is 12.1 Å². The Morgan fingerprint density at radius 1 is 0.810 bits per heavy atom. The molecule has 0 saturated carbocycles. The summed E-state index contributed by atoms with van der Waals surface area (Å²) in [7, 11) is 0. The maximum atomic E-state index is 8.54. The van der Waals surface area contributed by atoms with E-state index < -0.39 is 18.6 Å². The Hall–Kier alpha value is -1.56. The summed E-state index contributed by atoms with van der Waals surface area (Å²) in [6.45, 7) is 9.15. The fraction of sp³-hybridized carbons (Fsp3) is 0.429. The Morgan fingerprint density at radius 3 is 1.90 bits per heavy atom. The average Bonchev–Trinajstić information content (AvgIpc) is 2.44. The van der Waals surface area contributed by atoms with Crippen LogP contribution in [0, 0.1) is 20.7 Å². The predicted molar refractivity (Wildman–Crippen MR) is 94.3 cm³/mol. The normalized spacial score (nSPS) is 16.6. The van der Waals surface area contributed by atoms with Gasteiger partial charge in [0, 0.05) is 6.85 Å². The Bertz CT molecular complexity index is 818. The van der Waals surface area contributed by atoms with Crippen molar-refractivity contribution in [3.8, 4) is 11.1 Å². The molecule has 0 radical (unpaired) electrons. The maximum absolute atomic E-state index is 8.54. The van der Waals surface area contributed by atoms with Crippen molar-refractivity contribution in [1.29, 1.82) is 0 Å². The third-order valence-electron chi connectivity index (χ3n) is 3.96. The highest BCUT2D eigenvalue weighted by Gasteiger charge is 2.14. The van der Waals surface area contributed by atoms with Crippen LogP contribution in [0.2, 0.25) is 0 Å². The van der Waals surface area contributed by atoms with Gasteiger partial charge >= 0.3 is 0 Å². The van der Waals surface area contributed by atoms with E-state index in [0.717, 1.165) is 33.4 Å². The van der Waals surface area contributed by atoms with Crippen molar-refractivity contribution in [2.24, 2.45) is 0 Å². The lowest BCUT2D eigenvalue weighted by molar-refractivity contribution is 0.789. The zero-order chi connectivity index (χ0) is 20.1. The Morgan fingerprint density at radius 2 is 1.38 bits per heavy atom. The Kier molecular flexibility index (Phi) is 2.94. The van der Waals surface area contributed by atoms with E-state index in [4.69, 9.17) is 6.85 Å². The molecule has 0 spiro atoms. The fourth-order valence-electron chi connectivity index (χ4n) is 2.79. The maximum Gasteiger partial charge on any atom is 0.0347 e. The molecule has 0 aliphatic heterocycles. The monoisotopic (exact) mass is 285 g/mol. The summed E-state index contributed by atoms with van der Waals surface area (Å²) in [6.07, 6.45) is 0. The molecule has 2 aromatic rings. The second-order valence-corrected chi connectivity index (χ2v) is 6.24. The molecule has 0 heterocycles. The second kappa shape index (κ2) is 6.05. The van der Waals surface area contributed by atoms with E-state index >= 15 is 0 Å². The summed E-state index contributed by atoms with van der Waals surface area (Å²) in [5.41, 5.74) is 5.90. The lowest BCUT2D eigenvalue weighted by atomic mass is 9.84. The van der Waals surface area contributed by atoms with Crippen molar-refractivity contribution in [3.05, 3.63) is 58.1 Å². The Labute approximate surface area is 137 Å². The molecule has 2 aromatic carbocycles. The van der Waals surface area contributed by atoms with Crippen LogP contribution in [0.15, 0.2) is 30.3 Å². The Balaban J connectivity index is 2.72. The summed E-state index contributed by atoms with van der Waals surface area (Å²) in [6, 6.07) is 9.24. The molecule has 0 saturated heterocycles. The first kappa shape index (κ1) is 10.2. The lowest BCUT2D eigenvalue weighted by Crippen LogP contribution is -2.01. The minimum Gasteiger partial charge on any atom is -0.0587 e. The highest BCUT2D eigenvalue weighted by atomic mass is 14.2. The number of rotatable bonds is 3. The molecular formula is C21H28. The van der Waals surface area contributed by atoms with Crippen molar-refractivity contribution < 1.29 is 6.85 Å². The summed E-state index contributed by atoms with van der Waals surface area (Å²) < 4.78 is 39.8. The van der Waals surface area contributed by atoms with Gasteiger partial charge in [0.05, 0.1) is 0 Å². The summed E-state index contributed by atoms with van der Waals surface area (Å²) in [5.74, 6) is -1.63. The van der Waals surface area contributed by atoms with Gasteiger partial charge < -0.3 is 0 Å². The van der Waals surface area contributed by atoms with Gasteiger partial charge in [-0.05, 0) is 65.9 Å². The molecule has 0 nitrogen and oxygen atoms in total. The third kappa shape index (κ3) is 3.20. The van der Waals surface area contributed by atoms with E-state index in [2.05, 4.69) is 0 Å². The molecule has 112 valence electrons. The molecule has 0 N–H and O–H groups in total. The third-order valence-corrected chi connectivity index (χ3v) is 3.96. The van der Waals surface area contributed by atoms with Gasteiger partial charge in [0.2, 0.25) is 0 Å². The van der Waals surface area contributed by atoms with Gasteiger partial charge in [0.25, 0.3) is 0 Å². The van der Waals surface area contributed by atoms with Gasteiger partial charge in [0.1, 0.15) is 0 Å². The van der Waals surface area contributed by atoms with Crippen LogP contribution >= 0.6 is 0 Å². The number of hydrogen-bond acceptors (Lipinski definition) is 0. The smallest absolute Gasteiger partial charge is 0.0347 e. The van der Waals surface area contributed by atoms with Gasteiger partial charge in [0.15, 0.2) is 0 Å². The molecule has 21 heavy (non-hydrogen) atoms. The van der Waals surface area contributed by atoms with Crippen LogP contribution in [0.1, 0.15) is 74.2 Å². The molecule has 2 rings (SSSR count). The van der Waals surface area contributed by atoms with Crippen molar-refractivity contribution in [2.45, 2.75) is 60.2 Å². The lowest BCUT2D eigenvalue weighted by Gasteiger charge is -2.20. The highest BCUT2D eigenvalue weighted by Crippen LogP contribution is 2.35. The molecule has 0 atom stereocenters. The molecule has 0 unspecified atom stereocenters. The van der Waals surface area contributed by atoms with Crippen molar-refractivity contribution >= 4 is 0 Å². The van der Waals surface area contributed by atoms with Crippen LogP contribution < -0.4 is 0 Å². The molecule has 0 aliphatic carbocycles. The van der Waals surface area contributed by atoms with Gasteiger partial charge in [-0.2, -0.15) is 0 Å². The number of hydrogen-bond donors (Lipinski definition) is 0. The zero-order valence-corrected chi connectivity index (χ0v) is 13.9. The number of aryl methyl sites for hydroxylation is 3. The largest absolute Gasteiger partial charge is 0.0587 e. The van der Waals surface area contributed by atoms with Crippen LogP contribution in [0.3, 0.4) is 0 Å². The SMILES string of the molecule is [2H]C([2H])([2H])c1ccc(-c2cc(C([2H])(C)C)c(C([2H])(C)C)cc2C)c(C)c1. The van der Waals surface area contributed by atoms with E-state index in [0.29, 0.717) is 5.56 Å². The molecule has 0 fully saturated rings. The van der Waals surface area contributed by atoms with Gasteiger partial charge in [-0.3, -0.25) is 0 Å². The minimum absolute atomic E-state index is 0.335. The standard InChI is InChI=1S/C21H28/c1-13(2)19-11-17(7)21(12-20(19)14(3)4)18-9-8-15(5)10-16(18)6/h8-14H,1-7H3/i5D3,13D,14D. The van der Waals surface area contributed by atoms with Gasteiger partial charge in [-0.25, -0.2) is 0 Å². The van der Waals surface area contributed by atoms with Crippen molar-refractivity contribution in [1.82, 2.24) is 0 Å². The highest BCUT2D eigenvalue weighted by molar-refractivity contribution is 5.72. The average molecular weight is 285 g/mol. The van der Waals surface area contributed by atoms with Crippen LogP contribution in [-0.2, 0) is 0 Å². The minimum atomic E-state index is -2.12. The summed E-state index contributed by atoms with van der Waals surface area (Å²) in [5, 5.41) is 0. The van der Waals surface area contributed by atoms with Crippen LogP contribution in [0.4, 0.5) is 0 Å². The first-order valence-electron chi connectivity index (χ1n) is 9.89. The topological polar surface area (TPSA) is 0 Å². The quantitative estimate of drug-likeness (QED) is 0.601. The molecule has 0 aliphatic rings. The molecule has 0 aromatic heterocycles. The molecule has 0 amide bonds. The van der Waals surface area contributed by atoms with E-state index in [-0.39, 0.29) is 0 Å². The first-order valence-corrected chi connectivity index (χ1v) is 7.39. The van der Waals surface area contributed by atoms with Crippen LogP contribution in [-0.4, -0.2) is 0 Å².